The van der Waals surface area contributed by atoms with E-state index in [1.807, 2.05) is 0 Å². The molecule has 3 N–H and O–H groups in total. The minimum Gasteiger partial charge on any atom is -0.392 e. The maximum Gasteiger partial charge on any atom is 0.279 e. The van der Waals surface area contributed by atoms with Crippen LogP contribution in [-0.2, 0) is 4.74 Å². The number of imidazole rings is 1. The molecule has 8 heteroatoms. The number of hydrogen-bond acceptors (Lipinski definition) is 6. The van der Waals surface area contributed by atoms with Crippen molar-refractivity contribution < 1.29 is 14.9 Å². The van der Waals surface area contributed by atoms with E-state index in [9.17, 15) is 15.0 Å². The molecule has 0 radical (unpaired) electrons. The molecule has 0 aliphatic carbocycles. The van der Waals surface area contributed by atoms with Crippen LogP contribution in [-0.4, -0.2) is 48.0 Å². The lowest BCUT2D eigenvalue weighted by Gasteiger charge is -2.23. The smallest absolute Gasteiger partial charge is 0.279 e. The predicted octanol–water partition coefficient (Wildman–Crippen LogP) is -1.07. The number of rotatable bonds is 2. The van der Waals surface area contributed by atoms with Gasteiger partial charge in [0.15, 0.2) is 23.0 Å². The van der Waals surface area contributed by atoms with Gasteiger partial charge in [-0.1, -0.05) is 11.8 Å². The molecule has 0 unspecified atom stereocenters. The van der Waals surface area contributed by atoms with E-state index in [1.54, 1.807) is 6.92 Å². The van der Waals surface area contributed by atoms with E-state index in [4.69, 9.17) is 17.6 Å². The number of aryl methyl sites for hydroxylation is 1. The Hall–Kier alpha value is -2.65. The number of aromatic nitrogens is 4. The van der Waals surface area contributed by atoms with Gasteiger partial charge in [-0.3, -0.25) is 9.36 Å². The number of hydrogen-bond donors (Lipinski definition) is 3. The van der Waals surface area contributed by atoms with Crippen molar-refractivity contribution in [3.05, 3.63) is 22.5 Å². The first-order valence-electron chi connectivity index (χ1n) is 6.81. The van der Waals surface area contributed by atoms with Crippen LogP contribution >= 0.6 is 0 Å². The van der Waals surface area contributed by atoms with Crippen molar-refractivity contribution in [2.24, 2.45) is 5.92 Å². The second kappa shape index (κ2) is 5.21. The number of fused-ring (bicyclic) bond motifs is 1. The van der Waals surface area contributed by atoms with Gasteiger partial charge in [0.1, 0.15) is 11.9 Å². The Morgan fingerprint density at radius 3 is 2.91 bits per heavy atom. The summed E-state index contributed by atoms with van der Waals surface area (Å²) in [7, 11) is 0. The van der Waals surface area contributed by atoms with Crippen molar-refractivity contribution >= 4 is 11.2 Å². The average molecular weight is 314 g/mol. The summed E-state index contributed by atoms with van der Waals surface area (Å²) in [6.45, 7) is 1.03. The van der Waals surface area contributed by atoms with Gasteiger partial charge in [-0.05, 0) is 6.92 Å². The van der Waals surface area contributed by atoms with Crippen molar-refractivity contribution in [1.82, 2.24) is 19.5 Å². The fourth-order valence-corrected chi connectivity index (χ4v) is 2.73. The molecule has 0 saturated carbocycles. The molecule has 2 aromatic rings. The summed E-state index contributed by atoms with van der Waals surface area (Å²) in [6.07, 6.45) is 10.1. The Kier molecular flexibility index (Phi) is 3.46. The van der Waals surface area contributed by atoms with Gasteiger partial charge >= 0.3 is 0 Å². The third-order valence-corrected chi connectivity index (χ3v) is 3.95. The van der Waals surface area contributed by atoms with Crippen LogP contribution in [0, 0.1) is 37.5 Å². The SMILES string of the molecule is C#C[C@@H]1[C@H](n2cnc3c(=O)[nH]c(C)nc32)O[C@](C#C)(CO)[C@H]1O. The zero-order valence-electron chi connectivity index (χ0n) is 12.2. The van der Waals surface area contributed by atoms with E-state index in [1.165, 1.54) is 10.9 Å². The summed E-state index contributed by atoms with van der Waals surface area (Å²) >= 11 is 0. The maximum atomic E-state index is 11.9. The summed E-state index contributed by atoms with van der Waals surface area (Å²) in [4.78, 5) is 22.7. The summed E-state index contributed by atoms with van der Waals surface area (Å²) in [5, 5.41) is 19.9. The second-order valence-corrected chi connectivity index (χ2v) is 5.31. The van der Waals surface area contributed by atoms with Gasteiger partial charge in [-0.25, -0.2) is 9.97 Å². The molecule has 118 valence electrons. The monoisotopic (exact) mass is 314 g/mol. The molecule has 3 heterocycles. The molecular weight excluding hydrogens is 300 g/mol. The molecule has 1 saturated heterocycles. The second-order valence-electron chi connectivity index (χ2n) is 5.31. The third kappa shape index (κ3) is 2.05. The van der Waals surface area contributed by atoms with E-state index >= 15 is 0 Å². The Bertz CT molecular complexity index is 903. The standard InChI is InChI=1S/C15H14N4O4/c1-4-9-11(21)15(5-2,6-20)23-14(9)19-7-16-10-12(19)17-8(3)18-13(10)22/h1-2,7,9,11,14,20-21H,6H2,3H3,(H,17,18,22)/t9-,11-,14+,15+/m0/s1. The van der Waals surface area contributed by atoms with Gasteiger partial charge in [0.2, 0.25) is 0 Å². The number of ether oxygens (including phenoxy) is 1. The van der Waals surface area contributed by atoms with Gasteiger partial charge in [0, 0.05) is 0 Å². The lowest BCUT2D eigenvalue weighted by Crippen LogP contribution is -2.43. The summed E-state index contributed by atoms with van der Waals surface area (Å²) < 4.78 is 7.13. The topological polar surface area (TPSA) is 113 Å². The van der Waals surface area contributed by atoms with Crippen molar-refractivity contribution in [2.75, 3.05) is 6.61 Å². The minimum atomic E-state index is -1.62. The van der Waals surface area contributed by atoms with Crippen molar-refractivity contribution in [3.8, 4) is 24.7 Å². The predicted molar refractivity (Wildman–Crippen MR) is 80.0 cm³/mol. The summed E-state index contributed by atoms with van der Waals surface area (Å²) in [5.41, 5.74) is -1.64. The van der Waals surface area contributed by atoms with Gasteiger partial charge in [0.25, 0.3) is 5.56 Å². The largest absolute Gasteiger partial charge is 0.392 e. The van der Waals surface area contributed by atoms with Gasteiger partial charge in [-0.15, -0.1) is 12.8 Å². The first-order chi connectivity index (χ1) is 11.0. The fraction of sp³-hybridized carbons (Fsp3) is 0.400. The number of aliphatic hydroxyl groups excluding tert-OH is 2. The molecule has 1 aliphatic rings. The van der Waals surface area contributed by atoms with Gasteiger partial charge in [0.05, 0.1) is 18.9 Å². The third-order valence-electron chi connectivity index (χ3n) is 3.95. The van der Waals surface area contributed by atoms with Crippen LogP contribution < -0.4 is 5.56 Å². The molecule has 0 spiro atoms. The molecule has 0 bridgehead atoms. The Morgan fingerprint density at radius 1 is 1.57 bits per heavy atom. The van der Waals surface area contributed by atoms with Crippen LogP contribution in [0.25, 0.3) is 11.2 Å². The normalized spacial score (nSPS) is 30.2. The fourth-order valence-electron chi connectivity index (χ4n) is 2.73. The molecule has 23 heavy (non-hydrogen) atoms. The molecule has 3 rings (SSSR count). The zero-order valence-corrected chi connectivity index (χ0v) is 12.2. The van der Waals surface area contributed by atoms with E-state index in [2.05, 4.69) is 26.8 Å². The highest BCUT2D eigenvalue weighted by Gasteiger charge is 2.54. The summed E-state index contributed by atoms with van der Waals surface area (Å²) in [6, 6.07) is 0. The van der Waals surface area contributed by atoms with Crippen molar-refractivity contribution in [3.63, 3.8) is 0 Å². The lowest BCUT2D eigenvalue weighted by molar-refractivity contribution is -0.0894. The molecular formula is C15H14N4O4. The molecule has 0 amide bonds. The van der Waals surface area contributed by atoms with Crippen LogP contribution in [0.2, 0.25) is 0 Å². The summed E-state index contributed by atoms with van der Waals surface area (Å²) in [5.74, 6) is 4.25. The highest BCUT2D eigenvalue weighted by molar-refractivity contribution is 5.69. The van der Waals surface area contributed by atoms with E-state index in [-0.39, 0.29) is 11.2 Å². The van der Waals surface area contributed by atoms with Gasteiger partial charge < -0.3 is 19.9 Å². The lowest BCUT2D eigenvalue weighted by atomic mass is 9.91. The van der Waals surface area contributed by atoms with E-state index in [0.29, 0.717) is 5.82 Å². The number of nitrogens with one attached hydrogen (secondary N) is 1. The number of aliphatic hydroxyl groups is 2. The minimum absolute atomic E-state index is 0.117. The quantitative estimate of drug-likeness (QED) is 0.609. The first kappa shape index (κ1) is 15.3. The number of H-pyrrole nitrogens is 1. The first-order valence-corrected chi connectivity index (χ1v) is 6.81. The highest BCUT2D eigenvalue weighted by atomic mass is 16.6. The van der Waals surface area contributed by atoms with Gasteiger partial charge in [-0.2, -0.15) is 0 Å². The maximum absolute atomic E-state index is 11.9. The molecule has 8 nitrogen and oxygen atoms in total. The Labute approximate surface area is 131 Å². The molecule has 2 aromatic heterocycles. The number of aromatic amines is 1. The van der Waals surface area contributed by atoms with Crippen molar-refractivity contribution in [1.29, 1.82) is 0 Å². The molecule has 1 aliphatic heterocycles. The van der Waals surface area contributed by atoms with Crippen LogP contribution in [0.5, 0.6) is 0 Å². The van der Waals surface area contributed by atoms with Crippen LogP contribution in [0.1, 0.15) is 12.1 Å². The number of nitrogens with zero attached hydrogens (tertiary/aromatic N) is 3. The van der Waals surface area contributed by atoms with Crippen molar-refractivity contribution in [2.45, 2.75) is 24.9 Å². The number of terminal acetylenes is 2. The average Bonchev–Trinajstić information content (AvgIpc) is 3.06. The zero-order chi connectivity index (χ0) is 16.8. The molecule has 0 aromatic carbocycles. The molecule has 1 fully saturated rings. The van der Waals surface area contributed by atoms with E-state index in [0.717, 1.165) is 0 Å². The highest BCUT2D eigenvalue weighted by Crippen LogP contribution is 2.41. The Balaban J connectivity index is 2.18. The van der Waals surface area contributed by atoms with E-state index < -0.39 is 36.0 Å². The van der Waals surface area contributed by atoms with Crippen LogP contribution in [0.3, 0.4) is 0 Å². The Morgan fingerprint density at radius 2 is 2.30 bits per heavy atom. The van der Waals surface area contributed by atoms with Crippen LogP contribution in [0.15, 0.2) is 11.1 Å². The molecule has 4 atom stereocenters. The van der Waals surface area contributed by atoms with Crippen LogP contribution in [0.4, 0.5) is 0 Å².